The first-order chi connectivity index (χ1) is 12.4. The van der Waals surface area contributed by atoms with Crippen molar-refractivity contribution >= 4 is 5.97 Å². The van der Waals surface area contributed by atoms with Crippen molar-refractivity contribution in [1.29, 1.82) is 0 Å². The number of hydrogen-bond donors (Lipinski definition) is 8. The Hall–Kier alpha value is -0.810. The van der Waals surface area contributed by atoms with E-state index in [1.54, 1.807) is 0 Å². The first kappa shape index (κ1) is 26.2. The number of carboxylic acids is 1. The molecule has 8 N–H and O–H groups in total. The summed E-state index contributed by atoms with van der Waals surface area (Å²) in [6.07, 6.45) is 8.77. The molecule has 0 amide bonds. The summed E-state index contributed by atoms with van der Waals surface area (Å²) in [7, 11) is 0. The van der Waals surface area contributed by atoms with Crippen molar-refractivity contribution in [1.82, 2.24) is 0 Å². The van der Waals surface area contributed by atoms with Crippen LogP contribution in [-0.4, -0.2) is 70.3 Å². The zero-order chi connectivity index (χ0) is 21.1. The van der Waals surface area contributed by atoms with Crippen LogP contribution >= 0.6 is 0 Å². The Bertz CT molecular complexity index is 421. The first-order valence-corrected chi connectivity index (χ1v) is 9.68. The molecule has 0 rings (SSSR count). The molecule has 0 radical (unpaired) electrons. The molecule has 0 aliphatic heterocycles. The molecule has 0 fully saturated rings. The van der Waals surface area contributed by atoms with E-state index in [4.69, 9.17) is 5.11 Å². The summed E-state index contributed by atoms with van der Waals surface area (Å²) in [5.74, 6) is -15.0. The van der Waals surface area contributed by atoms with E-state index < -0.39 is 29.4 Å². The Morgan fingerprint density at radius 2 is 1.11 bits per heavy atom. The van der Waals surface area contributed by atoms with Crippen molar-refractivity contribution in [3.8, 4) is 0 Å². The minimum absolute atomic E-state index is 0.289. The topological polar surface area (TPSA) is 179 Å². The summed E-state index contributed by atoms with van der Waals surface area (Å²) < 4.78 is 0. The van der Waals surface area contributed by atoms with Crippen molar-refractivity contribution in [3.63, 3.8) is 0 Å². The number of aliphatic carboxylic acids is 1. The molecule has 1 unspecified atom stereocenters. The van der Waals surface area contributed by atoms with Gasteiger partial charge >= 0.3 is 11.8 Å². The lowest BCUT2D eigenvalue weighted by atomic mass is 9.89. The summed E-state index contributed by atoms with van der Waals surface area (Å²) in [5, 5.41) is 75.1. The summed E-state index contributed by atoms with van der Waals surface area (Å²) in [6.45, 7) is 2.17. The Balaban J connectivity index is 4.13. The van der Waals surface area contributed by atoms with Crippen LogP contribution in [0.15, 0.2) is 0 Å². The fourth-order valence-electron chi connectivity index (χ4n) is 2.84. The van der Waals surface area contributed by atoms with Gasteiger partial charge in [0.15, 0.2) is 0 Å². The van der Waals surface area contributed by atoms with E-state index in [0.717, 1.165) is 25.7 Å². The van der Waals surface area contributed by atoms with E-state index in [9.17, 15) is 40.5 Å². The monoisotopic (exact) mass is 396 g/mol. The van der Waals surface area contributed by atoms with Gasteiger partial charge in [0.1, 0.15) is 6.10 Å². The summed E-state index contributed by atoms with van der Waals surface area (Å²) >= 11 is 0. The second kappa shape index (κ2) is 11.9. The van der Waals surface area contributed by atoms with Crippen molar-refractivity contribution < 1.29 is 45.6 Å². The average molecular weight is 396 g/mol. The van der Waals surface area contributed by atoms with Gasteiger partial charge in [-0.1, -0.05) is 77.6 Å². The maximum absolute atomic E-state index is 10.7. The highest BCUT2D eigenvalue weighted by atomic mass is 16.7. The number of aliphatic hydroxyl groups is 7. The van der Waals surface area contributed by atoms with E-state index in [1.165, 1.54) is 32.1 Å². The van der Waals surface area contributed by atoms with Gasteiger partial charge in [0.25, 0.3) is 11.6 Å². The maximum Gasteiger partial charge on any atom is 0.370 e. The van der Waals surface area contributed by atoms with Gasteiger partial charge in [-0.05, 0) is 6.42 Å². The van der Waals surface area contributed by atoms with Gasteiger partial charge in [-0.25, -0.2) is 4.79 Å². The smallest absolute Gasteiger partial charge is 0.370 e. The Morgan fingerprint density at radius 1 is 0.741 bits per heavy atom. The highest BCUT2D eigenvalue weighted by molar-refractivity contribution is 5.76. The molecule has 0 heterocycles. The number of carbonyl (C=O) groups is 1. The molecule has 0 aliphatic carbocycles. The van der Waals surface area contributed by atoms with Crippen LogP contribution in [-0.2, 0) is 4.79 Å². The quantitative estimate of drug-likeness (QED) is 0.133. The molecule has 9 heteroatoms. The lowest BCUT2D eigenvalue weighted by Gasteiger charge is -2.42. The van der Waals surface area contributed by atoms with Gasteiger partial charge in [0.2, 0.25) is 0 Å². The molecular formula is C18H36O9. The standard InChI is InChI=1S/C18H36O9/c1-2-3-4-5-6-7-8-9-10-11-12-13-14(19)16(22,23)18(26,27)17(24,25)15(20)21/h14,19,22-27H,2-13H2,1H3,(H,20,21). The summed E-state index contributed by atoms with van der Waals surface area (Å²) in [4.78, 5) is 10.7. The minimum Gasteiger partial charge on any atom is -0.477 e. The molecule has 0 bridgehead atoms. The van der Waals surface area contributed by atoms with E-state index in [0.29, 0.717) is 12.8 Å². The van der Waals surface area contributed by atoms with Crippen LogP contribution in [0.25, 0.3) is 0 Å². The largest absolute Gasteiger partial charge is 0.477 e. The van der Waals surface area contributed by atoms with E-state index in [1.807, 2.05) is 0 Å². The van der Waals surface area contributed by atoms with Crippen molar-refractivity contribution in [3.05, 3.63) is 0 Å². The van der Waals surface area contributed by atoms with Crippen molar-refractivity contribution in [2.75, 3.05) is 0 Å². The second-order valence-electron chi connectivity index (χ2n) is 7.22. The van der Waals surface area contributed by atoms with Crippen molar-refractivity contribution in [2.24, 2.45) is 0 Å². The van der Waals surface area contributed by atoms with Gasteiger partial charge in [0, 0.05) is 0 Å². The molecular weight excluding hydrogens is 360 g/mol. The highest BCUT2D eigenvalue weighted by Gasteiger charge is 2.68. The predicted octanol–water partition coefficient (Wildman–Crippen LogP) is 0.176. The zero-order valence-corrected chi connectivity index (χ0v) is 16.0. The molecule has 1 atom stereocenters. The maximum atomic E-state index is 10.7. The molecule has 0 saturated heterocycles. The number of hydrogen-bond acceptors (Lipinski definition) is 8. The van der Waals surface area contributed by atoms with Gasteiger partial charge < -0.3 is 40.9 Å². The van der Waals surface area contributed by atoms with Crippen LogP contribution in [0, 0.1) is 0 Å². The average Bonchev–Trinajstić information content (AvgIpc) is 2.58. The molecule has 0 aliphatic rings. The molecule has 0 saturated carbocycles. The normalized spacial score (nSPS) is 14.4. The first-order valence-electron chi connectivity index (χ1n) is 9.68. The number of carboxylic acid groups (broad SMARTS) is 1. The van der Waals surface area contributed by atoms with Gasteiger partial charge in [-0.15, -0.1) is 0 Å². The Labute approximate surface area is 159 Å². The lowest BCUT2D eigenvalue weighted by molar-refractivity contribution is -0.456. The van der Waals surface area contributed by atoms with Crippen LogP contribution in [0.4, 0.5) is 0 Å². The fourth-order valence-corrected chi connectivity index (χ4v) is 2.84. The van der Waals surface area contributed by atoms with Crippen LogP contribution < -0.4 is 0 Å². The van der Waals surface area contributed by atoms with Gasteiger partial charge in [-0.3, -0.25) is 0 Å². The molecule has 27 heavy (non-hydrogen) atoms. The number of rotatable bonds is 16. The Morgan fingerprint density at radius 3 is 1.48 bits per heavy atom. The lowest BCUT2D eigenvalue weighted by Crippen LogP contribution is -2.74. The molecule has 0 aromatic carbocycles. The van der Waals surface area contributed by atoms with Crippen LogP contribution in [0.3, 0.4) is 0 Å². The second-order valence-corrected chi connectivity index (χ2v) is 7.22. The number of unbranched alkanes of at least 4 members (excludes halogenated alkanes) is 10. The molecule has 0 aromatic heterocycles. The summed E-state index contributed by atoms with van der Waals surface area (Å²) in [5.41, 5.74) is 0. The predicted molar refractivity (Wildman–Crippen MR) is 96.2 cm³/mol. The number of aliphatic hydroxyl groups excluding tert-OH is 1. The SMILES string of the molecule is CCCCCCCCCCCCCC(O)C(O)(O)C(O)(O)C(O)(O)C(=O)O. The third kappa shape index (κ3) is 7.61. The molecule has 0 aromatic rings. The van der Waals surface area contributed by atoms with E-state index in [-0.39, 0.29) is 6.42 Å². The van der Waals surface area contributed by atoms with E-state index >= 15 is 0 Å². The summed E-state index contributed by atoms with van der Waals surface area (Å²) in [6, 6.07) is 0. The molecule has 9 nitrogen and oxygen atoms in total. The zero-order valence-electron chi connectivity index (χ0n) is 16.0. The van der Waals surface area contributed by atoms with E-state index in [2.05, 4.69) is 6.92 Å². The van der Waals surface area contributed by atoms with Gasteiger partial charge in [-0.2, -0.15) is 0 Å². The van der Waals surface area contributed by atoms with Crippen LogP contribution in [0.1, 0.15) is 84.0 Å². The van der Waals surface area contributed by atoms with Gasteiger partial charge in [0.05, 0.1) is 0 Å². The third-order valence-corrected chi connectivity index (χ3v) is 4.84. The Kier molecular flexibility index (Phi) is 11.5. The minimum atomic E-state index is -4.30. The highest BCUT2D eigenvalue weighted by Crippen LogP contribution is 2.32. The van der Waals surface area contributed by atoms with Crippen LogP contribution in [0.2, 0.25) is 0 Å². The van der Waals surface area contributed by atoms with Crippen molar-refractivity contribution in [2.45, 2.75) is 107 Å². The third-order valence-electron chi connectivity index (χ3n) is 4.84. The van der Waals surface area contributed by atoms with Crippen LogP contribution in [0.5, 0.6) is 0 Å². The molecule has 0 spiro atoms. The fraction of sp³-hybridized carbons (Fsp3) is 0.944. The molecule has 162 valence electrons.